The molecule has 0 aliphatic heterocycles. The van der Waals surface area contributed by atoms with Gasteiger partial charge in [-0.3, -0.25) is 0 Å². The van der Waals surface area contributed by atoms with Gasteiger partial charge in [0.2, 0.25) is 0 Å². The van der Waals surface area contributed by atoms with Crippen molar-refractivity contribution in [2.75, 3.05) is 0 Å². The van der Waals surface area contributed by atoms with Crippen LogP contribution in [0.25, 0.3) is 241 Å². The summed E-state index contributed by atoms with van der Waals surface area (Å²) in [6.45, 7) is 16.5. The maximum atomic E-state index is 10.7. The molecule has 0 aliphatic rings. The predicted octanol–water partition coefficient (Wildman–Crippen LogP) is 33.8. The van der Waals surface area contributed by atoms with E-state index < -0.39 is 0 Å². The van der Waals surface area contributed by atoms with E-state index in [9.17, 15) is 36.8 Å². The van der Waals surface area contributed by atoms with Crippen molar-refractivity contribution in [2.45, 2.75) is 0 Å². The highest BCUT2D eigenvalue weighted by Crippen LogP contribution is 2.51. The second-order valence-corrected chi connectivity index (χ2v) is 36.8. The quantitative estimate of drug-likeness (QED) is 0.108. The van der Waals surface area contributed by atoms with Gasteiger partial charge in [0.15, 0.2) is 11.4 Å². The lowest BCUT2D eigenvalue weighted by Crippen LogP contribution is -2.00. The number of hydrogen-bond donors (Lipinski definition) is 0. The molecule has 0 fully saturated rings. The van der Waals surface area contributed by atoms with Gasteiger partial charge in [-0.15, -0.1) is 0 Å². The van der Waals surface area contributed by atoms with Crippen LogP contribution >= 0.6 is 0 Å². The molecule has 690 valence electrons. The lowest BCUT2D eigenvalue weighted by Gasteiger charge is -2.19. The van der Waals surface area contributed by atoms with Gasteiger partial charge in [0.25, 0.3) is 0 Å². The third-order valence-corrected chi connectivity index (χ3v) is 28.9. The van der Waals surface area contributed by atoms with Gasteiger partial charge in [0.05, 0.1) is 165 Å². The lowest BCUT2D eigenvalue weighted by molar-refractivity contribution is 1.17. The minimum absolute atomic E-state index is 0.334. The Labute approximate surface area is 860 Å². The second kappa shape index (κ2) is 37.0. The smallest absolute Gasteiger partial charge is 0.195 e. The molecule has 15 nitrogen and oxygen atoms in total. The summed E-state index contributed by atoms with van der Waals surface area (Å²) in [5.74, 6) is 0. The Bertz CT molecular complexity index is 10700. The van der Waals surface area contributed by atoms with E-state index in [4.69, 9.17) is 13.1 Å². The third-order valence-electron chi connectivity index (χ3n) is 28.9. The molecule has 0 unspecified atom stereocenters. The summed E-state index contributed by atoms with van der Waals surface area (Å²) >= 11 is 0. The maximum absolute atomic E-state index is 10.7. The molecule has 27 rings (SSSR count). The Morgan fingerprint density at radius 3 is 0.847 bits per heavy atom. The molecule has 0 saturated carbocycles. The van der Waals surface area contributed by atoms with Gasteiger partial charge in [-0.2, -0.15) is 36.8 Å². The molecule has 0 radical (unpaired) electrons. The second-order valence-electron chi connectivity index (χ2n) is 36.8. The summed E-state index contributed by atoms with van der Waals surface area (Å²) in [7, 11) is 0. The molecule has 6 aromatic heterocycles. The number of fused-ring (bicyclic) bond motifs is 18. The summed E-state index contributed by atoms with van der Waals surface area (Å²) in [4.78, 5) is 8.02. The molecular weight excluding hydrogens is 1830 g/mol. The van der Waals surface area contributed by atoms with Crippen molar-refractivity contribution in [3.63, 3.8) is 0 Å². The van der Waals surface area contributed by atoms with Crippen LogP contribution in [0, 0.1) is 92.5 Å². The minimum Gasteiger partial charge on any atom is -0.309 e. The van der Waals surface area contributed by atoms with Crippen LogP contribution < -0.4 is 0 Å². The zero-order chi connectivity index (χ0) is 101. The first-order valence-electron chi connectivity index (χ1n) is 48.8. The Kier molecular flexibility index (Phi) is 22.0. The van der Waals surface area contributed by atoms with E-state index in [1.165, 1.54) is 21.5 Å². The number of para-hydroxylation sites is 12. The van der Waals surface area contributed by atoms with Crippen molar-refractivity contribution < 1.29 is 0 Å². The van der Waals surface area contributed by atoms with Crippen molar-refractivity contribution in [1.82, 2.24) is 27.4 Å². The monoisotopic (exact) mass is 1910 g/mol. The van der Waals surface area contributed by atoms with Crippen molar-refractivity contribution >= 4 is 142 Å². The van der Waals surface area contributed by atoms with E-state index in [0.29, 0.717) is 50.3 Å². The molecule has 0 spiro atoms. The topological polar surface area (TPSA) is 205 Å². The first-order valence-corrected chi connectivity index (χ1v) is 48.8. The molecule has 21 aromatic carbocycles. The largest absolute Gasteiger partial charge is 0.309 e. The van der Waals surface area contributed by atoms with E-state index in [1.54, 1.807) is 0 Å². The van der Waals surface area contributed by atoms with Crippen LogP contribution in [-0.4, -0.2) is 27.4 Å². The summed E-state index contributed by atoms with van der Waals surface area (Å²) in [6, 6.07) is 169. The van der Waals surface area contributed by atoms with Crippen LogP contribution in [0.4, 0.5) is 11.4 Å². The first kappa shape index (κ1) is 89.2. The molecule has 0 aliphatic carbocycles. The fraction of sp³-hybridized carbons (Fsp3) is 0. The number of nitriles is 7. The lowest BCUT2D eigenvalue weighted by atomic mass is 9.89. The van der Waals surface area contributed by atoms with Gasteiger partial charge in [-0.1, -0.05) is 279 Å². The maximum Gasteiger partial charge on any atom is 0.195 e. The average molecular weight is 1910 g/mol. The number of hydrogen-bond acceptors (Lipinski definition) is 7. The molecule has 0 N–H and O–H groups in total. The number of rotatable bonds is 12. The van der Waals surface area contributed by atoms with Crippen molar-refractivity contribution in [2.24, 2.45) is 0 Å². The molecule has 0 atom stereocenters. The minimum atomic E-state index is 0.334. The van der Waals surface area contributed by atoms with Crippen LogP contribution in [-0.2, 0) is 0 Å². The fourth-order valence-electron chi connectivity index (χ4n) is 22.5. The van der Waals surface area contributed by atoms with E-state index in [-0.39, 0.29) is 0 Å². The first-order chi connectivity index (χ1) is 74.1. The Morgan fingerprint density at radius 2 is 0.460 bits per heavy atom. The third kappa shape index (κ3) is 14.6. The highest BCUT2D eigenvalue weighted by molar-refractivity contribution is 6.17. The molecule has 27 aromatic rings. The van der Waals surface area contributed by atoms with E-state index in [1.807, 2.05) is 224 Å². The molecule has 6 heterocycles. The Balaban J connectivity index is 0.000000116. The van der Waals surface area contributed by atoms with Crippen LogP contribution in [0.15, 0.2) is 455 Å². The Hall–Kier alpha value is -22.2. The molecule has 15 heteroatoms. The highest BCUT2D eigenvalue weighted by atomic mass is 15.0. The summed E-state index contributed by atoms with van der Waals surface area (Å²) in [6.07, 6.45) is 0. The zero-order valence-corrected chi connectivity index (χ0v) is 80.0. The number of aromatic nitrogens is 6. The van der Waals surface area contributed by atoms with Crippen molar-refractivity contribution in [3.8, 4) is 143 Å². The van der Waals surface area contributed by atoms with Gasteiger partial charge < -0.3 is 27.4 Å². The molecule has 150 heavy (non-hydrogen) atoms. The number of benzene rings is 21. The molecule has 0 amide bonds. The summed E-state index contributed by atoms with van der Waals surface area (Å²) in [5, 5.41) is 83.4. The van der Waals surface area contributed by atoms with Gasteiger partial charge in [0, 0.05) is 81.6 Å². The van der Waals surface area contributed by atoms with Gasteiger partial charge in [-0.25, -0.2) is 9.69 Å². The number of nitrogens with zero attached hydrogens (tertiary/aromatic N) is 15. The molecule has 0 bridgehead atoms. The fourth-order valence-corrected chi connectivity index (χ4v) is 22.5. The van der Waals surface area contributed by atoms with E-state index >= 15 is 0 Å². The predicted molar refractivity (Wildman–Crippen MR) is 604 cm³/mol. The normalized spacial score (nSPS) is 11.1. The highest BCUT2D eigenvalue weighted by Gasteiger charge is 2.28. The van der Waals surface area contributed by atoms with E-state index in [0.717, 1.165) is 210 Å². The van der Waals surface area contributed by atoms with Crippen LogP contribution in [0.1, 0.15) is 38.9 Å². The average Bonchev–Trinajstić information content (AvgIpc) is 1.60. The van der Waals surface area contributed by atoms with Crippen molar-refractivity contribution in [1.29, 1.82) is 36.8 Å². The molecular formula is C135H75N15. The van der Waals surface area contributed by atoms with Crippen LogP contribution in [0.3, 0.4) is 0 Å². The zero-order valence-electron chi connectivity index (χ0n) is 80.0. The SMILES string of the molecule is N#Cc1ccc2c(c1)c1ccccc1n2-c1ccc(-c2cc(C#N)c(C#N)cc2-c2ccccc2-n2c3ccccc3c3ccccc32)cc1.[C-]#[N+]c1cccc(-c2ccc(-n3c4ccccc4c4cc(C#N)ccc43)c(C#N)c2)c1-c1ccccc1-n1c2ccccc2c2ccccc21.[C-]#[N+]c1cccc(-c2ccc(-n3c4ccccc4c4cc(C#N)ccc43)cc2C#N)c1-c1ccccc1-n1c2ccccc2c2ccccc21. The standard InChI is InChI=1S/3C45H25N5/c1-48-39-16-10-15-36(45(39)37-14-5-9-20-43(37)50-41-18-7-2-11-33(41)34-12-3-8-19-42(34)50)32-23-22-31(26-30(32)28-47)49-40-17-6-4-13-35(40)38-25-29(27-46)21-24-44(38)49;1-48-38-16-10-15-32(45(38)36-14-5-9-20-43(36)50-40-17-6-2-11-33(40)34-12-3-7-18-41(34)50)30-22-24-39(31(26-30)28-47)49-42-19-8-4-13-35(42)37-25-29(27-46)21-23-44(37)49;46-26-29-17-22-45-40(23-29)37-12-4-5-13-41(37)49(45)33-20-18-30(19-21-33)38-24-31(27-47)32(28-48)25-39(38)36-11-3-8-16-44(36)50-42-14-6-1-9-34(42)35-10-2-7-15-43(35)50/h2*2-26H;1-25H. The van der Waals surface area contributed by atoms with Gasteiger partial charge in [-0.05, 0) is 237 Å². The summed E-state index contributed by atoms with van der Waals surface area (Å²) in [5.41, 5.74) is 32.8. The van der Waals surface area contributed by atoms with Crippen LogP contribution in [0.2, 0.25) is 0 Å². The Morgan fingerprint density at radius 1 is 0.167 bits per heavy atom. The van der Waals surface area contributed by atoms with Crippen LogP contribution in [0.5, 0.6) is 0 Å². The molecule has 0 saturated heterocycles. The van der Waals surface area contributed by atoms with E-state index in [2.05, 4.69) is 310 Å². The van der Waals surface area contributed by atoms with Crippen molar-refractivity contribution in [3.05, 3.63) is 517 Å². The summed E-state index contributed by atoms with van der Waals surface area (Å²) < 4.78 is 13.3. The van der Waals surface area contributed by atoms with Gasteiger partial charge in [0.1, 0.15) is 18.2 Å². The van der Waals surface area contributed by atoms with Gasteiger partial charge >= 0.3 is 0 Å².